The summed E-state index contributed by atoms with van der Waals surface area (Å²) in [6, 6.07) is 0.438. The Bertz CT molecular complexity index is 298. The molecule has 0 saturated carbocycles. The molecular formula is C15H31N3O. The molecule has 4 nitrogen and oxygen atoms in total. The summed E-state index contributed by atoms with van der Waals surface area (Å²) in [7, 11) is 4.28. The fraction of sp³-hybridized carbons (Fsp3) is 0.933. The third-order valence-electron chi connectivity index (χ3n) is 4.49. The van der Waals surface area contributed by atoms with E-state index in [0.717, 1.165) is 26.2 Å². The molecule has 2 unspecified atom stereocenters. The Kier molecular flexibility index (Phi) is 5.81. The molecule has 1 aliphatic heterocycles. The van der Waals surface area contributed by atoms with Crippen LogP contribution >= 0.6 is 0 Å². The summed E-state index contributed by atoms with van der Waals surface area (Å²) in [6.45, 7) is 12.7. The number of nitrogens with one attached hydrogen (secondary N) is 1. The van der Waals surface area contributed by atoms with Crippen LogP contribution in [0.25, 0.3) is 0 Å². The molecule has 19 heavy (non-hydrogen) atoms. The van der Waals surface area contributed by atoms with E-state index in [1.54, 1.807) is 0 Å². The summed E-state index contributed by atoms with van der Waals surface area (Å²) >= 11 is 0. The minimum absolute atomic E-state index is 0.184. The first-order chi connectivity index (χ1) is 8.70. The molecule has 1 saturated heterocycles. The molecule has 0 aromatic heterocycles. The molecule has 1 amide bonds. The summed E-state index contributed by atoms with van der Waals surface area (Å²) < 4.78 is 0. The van der Waals surface area contributed by atoms with E-state index < -0.39 is 0 Å². The van der Waals surface area contributed by atoms with Gasteiger partial charge >= 0.3 is 0 Å². The maximum atomic E-state index is 12.0. The van der Waals surface area contributed by atoms with Gasteiger partial charge in [-0.2, -0.15) is 0 Å². The van der Waals surface area contributed by atoms with Gasteiger partial charge in [0.05, 0.1) is 0 Å². The maximum Gasteiger partial charge on any atom is 0.220 e. The Hall–Kier alpha value is -0.610. The van der Waals surface area contributed by atoms with E-state index in [1.165, 1.54) is 0 Å². The topological polar surface area (TPSA) is 35.6 Å². The monoisotopic (exact) mass is 269 g/mol. The van der Waals surface area contributed by atoms with Gasteiger partial charge in [0.15, 0.2) is 0 Å². The van der Waals surface area contributed by atoms with Gasteiger partial charge in [0, 0.05) is 38.6 Å². The van der Waals surface area contributed by atoms with Crippen LogP contribution < -0.4 is 5.32 Å². The number of carbonyl (C=O) groups excluding carboxylic acids is 1. The summed E-state index contributed by atoms with van der Waals surface area (Å²) in [5.74, 6) is 0.586. The molecule has 2 atom stereocenters. The minimum Gasteiger partial charge on any atom is -0.354 e. The zero-order valence-corrected chi connectivity index (χ0v) is 13.5. The molecule has 1 N–H and O–H groups in total. The fourth-order valence-electron chi connectivity index (χ4n) is 2.21. The van der Waals surface area contributed by atoms with Crippen LogP contribution in [0.5, 0.6) is 0 Å². The first-order valence-electron chi connectivity index (χ1n) is 7.35. The van der Waals surface area contributed by atoms with Crippen molar-refractivity contribution in [1.82, 2.24) is 15.1 Å². The summed E-state index contributed by atoms with van der Waals surface area (Å²) in [5.41, 5.74) is 0.194. The Labute approximate surface area is 118 Å². The normalized spacial score (nSPS) is 24.2. The molecule has 0 aliphatic carbocycles. The van der Waals surface area contributed by atoms with Crippen molar-refractivity contribution in [2.45, 2.75) is 40.2 Å². The van der Waals surface area contributed by atoms with Crippen LogP contribution in [0.15, 0.2) is 0 Å². The van der Waals surface area contributed by atoms with E-state index in [4.69, 9.17) is 0 Å². The van der Waals surface area contributed by atoms with Crippen molar-refractivity contribution in [3.05, 3.63) is 0 Å². The van der Waals surface area contributed by atoms with Gasteiger partial charge in [0.25, 0.3) is 0 Å². The molecule has 0 bridgehead atoms. The van der Waals surface area contributed by atoms with Crippen molar-refractivity contribution in [2.75, 3.05) is 40.3 Å². The highest BCUT2D eigenvalue weighted by atomic mass is 16.1. The Morgan fingerprint density at radius 1 is 1.32 bits per heavy atom. The van der Waals surface area contributed by atoms with Crippen LogP contribution in [-0.4, -0.2) is 62.0 Å². The van der Waals surface area contributed by atoms with E-state index in [2.05, 4.69) is 56.9 Å². The van der Waals surface area contributed by atoms with Crippen LogP contribution in [0.4, 0.5) is 0 Å². The molecule has 0 aromatic rings. The number of carbonyl (C=O) groups is 1. The largest absolute Gasteiger partial charge is 0.354 e. The molecular weight excluding hydrogens is 238 g/mol. The van der Waals surface area contributed by atoms with Gasteiger partial charge < -0.3 is 10.2 Å². The molecule has 0 radical (unpaired) electrons. The first-order valence-corrected chi connectivity index (χ1v) is 7.35. The highest BCUT2D eigenvalue weighted by molar-refractivity contribution is 5.76. The average Bonchev–Trinajstić information content (AvgIpc) is 2.29. The lowest BCUT2D eigenvalue weighted by atomic mass is 9.80. The predicted octanol–water partition coefficient (Wildman–Crippen LogP) is 1.42. The van der Waals surface area contributed by atoms with Gasteiger partial charge in [-0.3, -0.25) is 9.69 Å². The van der Waals surface area contributed by atoms with E-state index in [1.807, 2.05) is 0 Å². The molecule has 4 heteroatoms. The average molecular weight is 269 g/mol. The second-order valence-corrected chi connectivity index (χ2v) is 7.17. The lowest BCUT2D eigenvalue weighted by Gasteiger charge is -2.37. The van der Waals surface area contributed by atoms with Crippen LogP contribution in [0.3, 0.4) is 0 Å². The summed E-state index contributed by atoms with van der Waals surface area (Å²) in [4.78, 5) is 16.7. The molecule has 112 valence electrons. The standard InChI is InChI=1S/C15H31N3O/c1-12(15(2,3)4)9-14(19)16-10-13-11-17(5)7-8-18(13)6/h12-13H,7-11H2,1-6H3,(H,16,19). The molecule has 1 aliphatic rings. The Morgan fingerprint density at radius 2 is 1.95 bits per heavy atom. The molecule has 0 aromatic carbocycles. The van der Waals surface area contributed by atoms with Crippen LogP contribution in [0, 0.1) is 11.3 Å². The van der Waals surface area contributed by atoms with E-state index in [9.17, 15) is 4.79 Å². The Balaban J connectivity index is 2.33. The smallest absolute Gasteiger partial charge is 0.220 e. The molecule has 1 fully saturated rings. The lowest BCUT2D eigenvalue weighted by Crippen LogP contribution is -2.54. The second kappa shape index (κ2) is 6.71. The van der Waals surface area contributed by atoms with Gasteiger partial charge in [-0.15, -0.1) is 0 Å². The van der Waals surface area contributed by atoms with Crippen LogP contribution in [0.1, 0.15) is 34.1 Å². The van der Waals surface area contributed by atoms with Crippen LogP contribution in [0.2, 0.25) is 0 Å². The predicted molar refractivity (Wildman–Crippen MR) is 80.2 cm³/mol. The third-order valence-corrected chi connectivity index (χ3v) is 4.49. The lowest BCUT2D eigenvalue weighted by molar-refractivity contribution is -0.123. The number of rotatable bonds is 4. The van der Waals surface area contributed by atoms with Crippen molar-refractivity contribution in [3.8, 4) is 0 Å². The number of nitrogens with zero attached hydrogens (tertiary/aromatic N) is 2. The van der Waals surface area contributed by atoms with Crippen molar-refractivity contribution in [1.29, 1.82) is 0 Å². The van der Waals surface area contributed by atoms with Gasteiger partial charge in [-0.05, 0) is 25.4 Å². The SMILES string of the molecule is CC(CC(=O)NCC1CN(C)CCN1C)C(C)(C)C. The van der Waals surface area contributed by atoms with Gasteiger partial charge in [-0.1, -0.05) is 27.7 Å². The first kappa shape index (κ1) is 16.4. The number of piperazine rings is 1. The van der Waals surface area contributed by atoms with Gasteiger partial charge in [0.2, 0.25) is 5.91 Å². The zero-order chi connectivity index (χ0) is 14.6. The van der Waals surface area contributed by atoms with Crippen molar-refractivity contribution in [3.63, 3.8) is 0 Å². The summed E-state index contributed by atoms with van der Waals surface area (Å²) in [5, 5.41) is 3.10. The van der Waals surface area contributed by atoms with Gasteiger partial charge in [0.1, 0.15) is 0 Å². The summed E-state index contributed by atoms with van der Waals surface area (Å²) in [6.07, 6.45) is 0.621. The number of likely N-dealkylation sites (N-methyl/N-ethyl adjacent to an activating group) is 2. The number of hydrogen-bond acceptors (Lipinski definition) is 3. The molecule has 1 rings (SSSR count). The Morgan fingerprint density at radius 3 is 2.53 bits per heavy atom. The highest BCUT2D eigenvalue weighted by Gasteiger charge is 2.25. The van der Waals surface area contributed by atoms with Crippen molar-refractivity contribution < 1.29 is 4.79 Å². The van der Waals surface area contributed by atoms with E-state index >= 15 is 0 Å². The number of hydrogen-bond donors (Lipinski definition) is 1. The third kappa shape index (κ3) is 5.49. The van der Waals surface area contributed by atoms with E-state index in [0.29, 0.717) is 18.4 Å². The van der Waals surface area contributed by atoms with Crippen molar-refractivity contribution >= 4 is 5.91 Å². The van der Waals surface area contributed by atoms with Crippen LogP contribution in [-0.2, 0) is 4.79 Å². The van der Waals surface area contributed by atoms with E-state index in [-0.39, 0.29) is 11.3 Å². The molecule has 1 heterocycles. The second-order valence-electron chi connectivity index (χ2n) is 7.17. The zero-order valence-electron chi connectivity index (χ0n) is 13.5. The fourth-order valence-corrected chi connectivity index (χ4v) is 2.21. The minimum atomic E-state index is 0.184. The highest BCUT2D eigenvalue weighted by Crippen LogP contribution is 2.27. The van der Waals surface area contributed by atoms with Crippen molar-refractivity contribution in [2.24, 2.45) is 11.3 Å². The quantitative estimate of drug-likeness (QED) is 0.838. The van der Waals surface area contributed by atoms with Gasteiger partial charge in [-0.25, -0.2) is 0 Å². The maximum absolute atomic E-state index is 12.0. The number of amides is 1. The molecule has 0 spiro atoms.